The maximum Gasteiger partial charge on any atom is 0.312 e. The number of carbonyl (C=O) groups is 1. The maximum absolute atomic E-state index is 11.3. The zero-order chi connectivity index (χ0) is 11.8. The molecular formula is C14H17NO2. The van der Waals surface area contributed by atoms with E-state index in [1.165, 1.54) is 18.4 Å². The van der Waals surface area contributed by atoms with Gasteiger partial charge >= 0.3 is 5.97 Å². The van der Waals surface area contributed by atoms with Crippen molar-refractivity contribution in [3.8, 4) is 0 Å². The molecule has 17 heavy (non-hydrogen) atoms. The number of hydrogen-bond acceptors (Lipinski definition) is 2. The minimum Gasteiger partial charge on any atom is -0.481 e. The number of nitrogens with zero attached hydrogens (tertiary/aromatic N) is 1. The van der Waals surface area contributed by atoms with E-state index in [2.05, 4.69) is 11.0 Å². The lowest BCUT2D eigenvalue weighted by molar-refractivity contribution is -0.139. The van der Waals surface area contributed by atoms with E-state index in [0.717, 1.165) is 24.6 Å². The van der Waals surface area contributed by atoms with Crippen LogP contribution < -0.4 is 0 Å². The van der Waals surface area contributed by atoms with Gasteiger partial charge in [0.25, 0.3) is 0 Å². The molecule has 1 aromatic carbocycles. The van der Waals surface area contributed by atoms with Gasteiger partial charge in [-0.15, -0.1) is 0 Å². The Bertz CT molecular complexity index is 440. The van der Waals surface area contributed by atoms with Crippen LogP contribution in [0.3, 0.4) is 0 Å². The number of carboxylic acids is 1. The summed E-state index contributed by atoms with van der Waals surface area (Å²) in [4.78, 5) is 13.6. The largest absolute Gasteiger partial charge is 0.481 e. The van der Waals surface area contributed by atoms with Gasteiger partial charge in [0.1, 0.15) is 0 Å². The standard InChI is InChI=1S/C14H17NO2/c16-14(17)13-9-15(7-10-5-6-10)8-11-3-1-2-4-12(11)13/h1-4,10,13H,5-9H2,(H,16,17). The first-order valence-electron chi connectivity index (χ1n) is 6.27. The summed E-state index contributed by atoms with van der Waals surface area (Å²) in [7, 11) is 0. The van der Waals surface area contributed by atoms with E-state index in [9.17, 15) is 9.90 Å². The molecule has 3 heteroatoms. The molecule has 3 rings (SSSR count). The topological polar surface area (TPSA) is 40.5 Å². The molecule has 0 amide bonds. The fourth-order valence-corrected chi connectivity index (χ4v) is 2.70. The quantitative estimate of drug-likeness (QED) is 0.865. The lowest BCUT2D eigenvalue weighted by Crippen LogP contribution is -2.37. The normalized spacial score (nSPS) is 24.4. The molecule has 1 N–H and O–H groups in total. The first-order valence-corrected chi connectivity index (χ1v) is 6.27. The van der Waals surface area contributed by atoms with Crippen LogP contribution in [0.2, 0.25) is 0 Å². The van der Waals surface area contributed by atoms with Crippen molar-refractivity contribution in [2.75, 3.05) is 13.1 Å². The number of aliphatic carboxylic acids is 1. The molecule has 1 heterocycles. The van der Waals surface area contributed by atoms with E-state index >= 15 is 0 Å². The van der Waals surface area contributed by atoms with Gasteiger partial charge < -0.3 is 5.11 Å². The lowest BCUT2D eigenvalue weighted by atomic mass is 9.90. The highest BCUT2D eigenvalue weighted by atomic mass is 16.4. The monoisotopic (exact) mass is 231 g/mol. The third-order valence-corrected chi connectivity index (χ3v) is 3.78. The summed E-state index contributed by atoms with van der Waals surface area (Å²) in [6.45, 7) is 2.65. The second kappa shape index (κ2) is 4.15. The number of carboxylic acid groups (broad SMARTS) is 1. The van der Waals surface area contributed by atoms with E-state index in [1.54, 1.807) is 0 Å². The molecule has 1 aliphatic heterocycles. The van der Waals surface area contributed by atoms with Gasteiger partial charge in [0, 0.05) is 19.6 Å². The zero-order valence-corrected chi connectivity index (χ0v) is 9.80. The Labute approximate surface area is 101 Å². The second-order valence-electron chi connectivity index (χ2n) is 5.23. The van der Waals surface area contributed by atoms with Crippen LogP contribution >= 0.6 is 0 Å². The number of rotatable bonds is 3. The van der Waals surface area contributed by atoms with Crippen molar-refractivity contribution in [1.29, 1.82) is 0 Å². The van der Waals surface area contributed by atoms with Crippen molar-refractivity contribution in [3.05, 3.63) is 35.4 Å². The Kier molecular flexibility index (Phi) is 2.63. The molecule has 0 saturated heterocycles. The minimum absolute atomic E-state index is 0.348. The molecule has 0 radical (unpaired) electrons. The first-order chi connectivity index (χ1) is 8.24. The Morgan fingerprint density at radius 2 is 2.12 bits per heavy atom. The van der Waals surface area contributed by atoms with Gasteiger partial charge in [0.2, 0.25) is 0 Å². The molecule has 0 aromatic heterocycles. The van der Waals surface area contributed by atoms with Gasteiger partial charge in [0.15, 0.2) is 0 Å². The third-order valence-electron chi connectivity index (χ3n) is 3.78. The third kappa shape index (κ3) is 2.20. The predicted molar refractivity (Wildman–Crippen MR) is 64.8 cm³/mol. The smallest absolute Gasteiger partial charge is 0.312 e. The molecule has 1 unspecified atom stereocenters. The van der Waals surface area contributed by atoms with Crippen LogP contribution in [0.4, 0.5) is 0 Å². The van der Waals surface area contributed by atoms with Crippen LogP contribution in [0.15, 0.2) is 24.3 Å². The van der Waals surface area contributed by atoms with Crippen molar-refractivity contribution in [2.45, 2.75) is 25.3 Å². The second-order valence-corrected chi connectivity index (χ2v) is 5.23. The highest BCUT2D eigenvalue weighted by Gasteiger charge is 2.32. The van der Waals surface area contributed by atoms with E-state index in [-0.39, 0.29) is 5.92 Å². The molecule has 1 fully saturated rings. The van der Waals surface area contributed by atoms with E-state index in [1.807, 2.05) is 18.2 Å². The van der Waals surface area contributed by atoms with Gasteiger partial charge in [-0.1, -0.05) is 24.3 Å². The molecule has 1 aliphatic carbocycles. The highest BCUT2D eigenvalue weighted by Crippen LogP contribution is 2.34. The van der Waals surface area contributed by atoms with Crippen LogP contribution in [0.5, 0.6) is 0 Å². The van der Waals surface area contributed by atoms with Crippen LogP contribution in [-0.4, -0.2) is 29.1 Å². The van der Waals surface area contributed by atoms with Crippen molar-refractivity contribution in [2.24, 2.45) is 5.92 Å². The molecule has 2 aliphatic rings. The molecular weight excluding hydrogens is 214 g/mol. The molecule has 0 spiro atoms. The molecule has 1 aromatic rings. The molecule has 90 valence electrons. The van der Waals surface area contributed by atoms with E-state index in [0.29, 0.717) is 6.54 Å². The summed E-state index contributed by atoms with van der Waals surface area (Å²) in [5, 5.41) is 9.33. The molecule has 3 nitrogen and oxygen atoms in total. The van der Waals surface area contributed by atoms with Crippen LogP contribution in [-0.2, 0) is 11.3 Å². The van der Waals surface area contributed by atoms with E-state index in [4.69, 9.17) is 0 Å². The van der Waals surface area contributed by atoms with Crippen molar-refractivity contribution < 1.29 is 9.90 Å². The zero-order valence-electron chi connectivity index (χ0n) is 9.80. The van der Waals surface area contributed by atoms with Crippen LogP contribution in [0, 0.1) is 5.92 Å². The molecule has 1 atom stereocenters. The van der Waals surface area contributed by atoms with Crippen molar-refractivity contribution in [1.82, 2.24) is 4.90 Å². The average Bonchev–Trinajstić information content (AvgIpc) is 3.11. The number of fused-ring (bicyclic) bond motifs is 1. The predicted octanol–water partition coefficient (Wildman–Crippen LogP) is 2.08. The van der Waals surface area contributed by atoms with Gasteiger partial charge in [0.05, 0.1) is 5.92 Å². The lowest BCUT2D eigenvalue weighted by Gasteiger charge is -2.32. The fraction of sp³-hybridized carbons (Fsp3) is 0.500. The van der Waals surface area contributed by atoms with Gasteiger partial charge in [-0.05, 0) is 29.9 Å². The maximum atomic E-state index is 11.3. The summed E-state index contributed by atoms with van der Waals surface area (Å²) >= 11 is 0. The number of hydrogen-bond donors (Lipinski definition) is 1. The van der Waals surface area contributed by atoms with E-state index < -0.39 is 5.97 Å². The van der Waals surface area contributed by atoms with Crippen LogP contribution in [0.25, 0.3) is 0 Å². The summed E-state index contributed by atoms with van der Waals surface area (Å²) < 4.78 is 0. The van der Waals surface area contributed by atoms with Gasteiger partial charge in [-0.3, -0.25) is 9.69 Å². The number of benzene rings is 1. The van der Waals surface area contributed by atoms with Gasteiger partial charge in [-0.2, -0.15) is 0 Å². The average molecular weight is 231 g/mol. The Hall–Kier alpha value is -1.35. The first kappa shape index (κ1) is 10.8. The fourth-order valence-electron chi connectivity index (χ4n) is 2.70. The molecule has 1 saturated carbocycles. The minimum atomic E-state index is -0.696. The SMILES string of the molecule is O=C(O)C1CN(CC2CC2)Cc2ccccc21. The summed E-state index contributed by atoms with van der Waals surface area (Å²) in [6.07, 6.45) is 2.63. The summed E-state index contributed by atoms with van der Waals surface area (Å²) in [5.74, 6) is -0.230. The van der Waals surface area contributed by atoms with Gasteiger partial charge in [-0.25, -0.2) is 0 Å². The highest BCUT2D eigenvalue weighted by molar-refractivity contribution is 5.77. The molecule has 0 bridgehead atoms. The summed E-state index contributed by atoms with van der Waals surface area (Å²) in [6, 6.07) is 7.95. The van der Waals surface area contributed by atoms with Crippen LogP contribution in [0.1, 0.15) is 29.9 Å². The Morgan fingerprint density at radius 1 is 1.35 bits per heavy atom. The summed E-state index contributed by atoms with van der Waals surface area (Å²) in [5.41, 5.74) is 2.19. The van der Waals surface area contributed by atoms with Crippen molar-refractivity contribution >= 4 is 5.97 Å². The van der Waals surface area contributed by atoms with Crippen molar-refractivity contribution in [3.63, 3.8) is 0 Å². The Morgan fingerprint density at radius 3 is 2.82 bits per heavy atom. The Balaban J connectivity index is 1.85.